The lowest BCUT2D eigenvalue weighted by atomic mass is 10.2. The molecule has 1 N–H and O–H groups in total. The molecular formula is C16H19ClN4O2S. The Morgan fingerprint density at radius 2 is 2.21 bits per heavy atom. The lowest BCUT2D eigenvalue weighted by molar-refractivity contribution is 0.599. The van der Waals surface area contributed by atoms with E-state index in [1.165, 1.54) is 0 Å². The molecule has 24 heavy (non-hydrogen) atoms. The maximum atomic E-state index is 11.7. The number of benzene rings is 1. The second-order valence-corrected chi connectivity index (χ2v) is 8.39. The molecule has 2 aromatic rings. The molecule has 0 spiro atoms. The zero-order chi connectivity index (χ0) is 17.2. The van der Waals surface area contributed by atoms with Crippen molar-refractivity contribution >= 4 is 38.9 Å². The van der Waals surface area contributed by atoms with Crippen molar-refractivity contribution in [2.75, 3.05) is 28.3 Å². The molecule has 1 aromatic carbocycles. The fraction of sp³-hybridized carbons (Fsp3) is 0.375. The summed E-state index contributed by atoms with van der Waals surface area (Å²) < 4.78 is 23.5. The predicted molar refractivity (Wildman–Crippen MR) is 96.8 cm³/mol. The van der Waals surface area contributed by atoms with Gasteiger partial charge in [-0.1, -0.05) is 17.7 Å². The normalized spacial score (nSPS) is 19.2. The molecule has 0 aliphatic carbocycles. The summed E-state index contributed by atoms with van der Waals surface area (Å²) in [5.74, 6) is 1.57. The van der Waals surface area contributed by atoms with Crippen LogP contribution in [0.25, 0.3) is 0 Å². The van der Waals surface area contributed by atoms with Gasteiger partial charge in [0.1, 0.15) is 5.82 Å². The number of sulfone groups is 1. The summed E-state index contributed by atoms with van der Waals surface area (Å²) >= 11 is 5.99. The highest BCUT2D eigenvalue weighted by atomic mass is 35.5. The Morgan fingerprint density at radius 1 is 1.38 bits per heavy atom. The van der Waals surface area contributed by atoms with Crippen LogP contribution >= 0.6 is 11.6 Å². The van der Waals surface area contributed by atoms with E-state index in [-0.39, 0.29) is 17.5 Å². The van der Waals surface area contributed by atoms with Crippen molar-refractivity contribution in [1.29, 1.82) is 0 Å². The van der Waals surface area contributed by atoms with Gasteiger partial charge in [-0.15, -0.1) is 0 Å². The van der Waals surface area contributed by atoms with Gasteiger partial charge < -0.3 is 10.2 Å². The molecule has 1 saturated heterocycles. The van der Waals surface area contributed by atoms with Gasteiger partial charge in [0.05, 0.1) is 11.5 Å². The van der Waals surface area contributed by atoms with Crippen LogP contribution in [0.3, 0.4) is 0 Å². The lowest BCUT2D eigenvalue weighted by Crippen LogP contribution is -2.37. The van der Waals surface area contributed by atoms with Gasteiger partial charge in [-0.2, -0.15) is 4.98 Å². The molecule has 0 bridgehead atoms. The number of nitrogens with zero attached hydrogens (tertiary/aromatic N) is 3. The van der Waals surface area contributed by atoms with Crippen LogP contribution in [-0.4, -0.2) is 42.5 Å². The number of halogens is 1. The maximum Gasteiger partial charge on any atom is 0.227 e. The Labute approximate surface area is 146 Å². The number of rotatable bonds is 5. The monoisotopic (exact) mass is 366 g/mol. The van der Waals surface area contributed by atoms with E-state index >= 15 is 0 Å². The molecule has 1 atom stereocenters. The molecule has 3 rings (SSSR count). The molecule has 1 unspecified atom stereocenters. The Balaban J connectivity index is 1.81. The zero-order valence-electron chi connectivity index (χ0n) is 13.3. The summed E-state index contributed by atoms with van der Waals surface area (Å²) in [5, 5.41) is 3.83. The van der Waals surface area contributed by atoms with Gasteiger partial charge in [0.2, 0.25) is 5.95 Å². The van der Waals surface area contributed by atoms with Crippen LogP contribution in [0.5, 0.6) is 0 Å². The van der Waals surface area contributed by atoms with Crippen molar-refractivity contribution < 1.29 is 8.42 Å². The van der Waals surface area contributed by atoms with Gasteiger partial charge in [-0.25, -0.2) is 13.4 Å². The molecule has 1 fully saturated rings. The summed E-state index contributed by atoms with van der Waals surface area (Å²) in [6, 6.07) is 9.07. The lowest BCUT2D eigenvalue weighted by Gasteiger charge is -2.26. The first-order chi connectivity index (χ1) is 11.5. The van der Waals surface area contributed by atoms with Gasteiger partial charge in [0.15, 0.2) is 9.84 Å². The third-order valence-electron chi connectivity index (χ3n) is 3.99. The summed E-state index contributed by atoms with van der Waals surface area (Å²) in [7, 11) is -2.95. The van der Waals surface area contributed by atoms with E-state index in [1.807, 2.05) is 30.0 Å². The number of hydrogen-bond acceptors (Lipinski definition) is 6. The fourth-order valence-corrected chi connectivity index (χ4v) is 4.78. The predicted octanol–water partition coefficient (Wildman–Crippen LogP) is 2.89. The number of anilines is 3. The number of hydrogen-bond donors (Lipinski definition) is 1. The van der Waals surface area contributed by atoms with Crippen LogP contribution in [0.15, 0.2) is 36.5 Å². The third-order valence-corrected chi connectivity index (χ3v) is 5.97. The van der Waals surface area contributed by atoms with E-state index < -0.39 is 9.84 Å². The van der Waals surface area contributed by atoms with Crippen LogP contribution in [-0.2, 0) is 9.84 Å². The quantitative estimate of drug-likeness (QED) is 0.876. The first kappa shape index (κ1) is 17.0. The van der Waals surface area contributed by atoms with Gasteiger partial charge in [-0.05, 0) is 37.6 Å². The zero-order valence-corrected chi connectivity index (χ0v) is 14.9. The molecule has 8 heteroatoms. The van der Waals surface area contributed by atoms with Gasteiger partial charge in [0.25, 0.3) is 0 Å². The molecular weight excluding hydrogens is 348 g/mol. The van der Waals surface area contributed by atoms with Crippen molar-refractivity contribution in [3.63, 3.8) is 0 Å². The third kappa shape index (κ3) is 3.96. The highest BCUT2D eigenvalue weighted by Gasteiger charge is 2.32. The van der Waals surface area contributed by atoms with Gasteiger partial charge in [-0.3, -0.25) is 0 Å². The van der Waals surface area contributed by atoms with Crippen molar-refractivity contribution in [3.05, 3.63) is 41.6 Å². The van der Waals surface area contributed by atoms with Crippen molar-refractivity contribution in [2.45, 2.75) is 19.4 Å². The topological polar surface area (TPSA) is 75.2 Å². The average molecular weight is 367 g/mol. The number of nitrogens with one attached hydrogen (secondary N) is 1. The SMILES string of the molecule is CCN(c1nccc(Nc2cccc(Cl)c2)n1)C1CCS(=O)(=O)C1. The van der Waals surface area contributed by atoms with Crippen LogP contribution in [0.4, 0.5) is 17.5 Å². The Kier molecular flexibility index (Phi) is 4.91. The summed E-state index contributed by atoms with van der Waals surface area (Å²) in [4.78, 5) is 10.8. The minimum atomic E-state index is -2.95. The second-order valence-electron chi connectivity index (χ2n) is 5.72. The second kappa shape index (κ2) is 6.94. The Bertz CT molecular complexity index is 828. The van der Waals surface area contributed by atoms with E-state index in [4.69, 9.17) is 11.6 Å². The van der Waals surface area contributed by atoms with E-state index in [2.05, 4.69) is 15.3 Å². The van der Waals surface area contributed by atoms with Crippen LogP contribution in [0, 0.1) is 0 Å². The minimum absolute atomic E-state index is 0.0681. The smallest absolute Gasteiger partial charge is 0.227 e. The van der Waals surface area contributed by atoms with E-state index in [0.29, 0.717) is 29.8 Å². The molecule has 2 heterocycles. The largest absolute Gasteiger partial charge is 0.340 e. The van der Waals surface area contributed by atoms with Crippen LogP contribution in [0.2, 0.25) is 5.02 Å². The molecule has 6 nitrogen and oxygen atoms in total. The van der Waals surface area contributed by atoms with Crippen LogP contribution in [0.1, 0.15) is 13.3 Å². The maximum absolute atomic E-state index is 11.7. The van der Waals surface area contributed by atoms with Crippen LogP contribution < -0.4 is 10.2 Å². The molecule has 128 valence electrons. The first-order valence-electron chi connectivity index (χ1n) is 7.79. The van der Waals surface area contributed by atoms with Gasteiger partial charge >= 0.3 is 0 Å². The van der Waals surface area contributed by atoms with E-state index in [9.17, 15) is 8.42 Å². The molecule has 1 aliphatic heterocycles. The highest BCUT2D eigenvalue weighted by molar-refractivity contribution is 7.91. The van der Waals surface area contributed by atoms with Crippen molar-refractivity contribution in [3.8, 4) is 0 Å². The Hall–Kier alpha value is -1.86. The fourth-order valence-electron chi connectivity index (χ4n) is 2.85. The number of aromatic nitrogens is 2. The highest BCUT2D eigenvalue weighted by Crippen LogP contribution is 2.24. The molecule has 0 amide bonds. The van der Waals surface area contributed by atoms with Gasteiger partial charge in [0, 0.05) is 29.5 Å². The molecule has 0 radical (unpaired) electrons. The standard InChI is InChI=1S/C16H19ClN4O2S/c1-2-21(14-7-9-24(22,23)11-14)16-18-8-6-15(20-16)19-13-5-3-4-12(17)10-13/h3-6,8,10,14H,2,7,9,11H2,1H3,(H,18,19,20). The summed E-state index contributed by atoms with van der Waals surface area (Å²) in [5.41, 5.74) is 0.832. The molecule has 1 aromatic heterocycles. The minimum Gasteiger partial charge on any atom is -0.340 e. The summed E-state index contributed by atoms with van der Waals surface area (Å²) in [6.07, 6.45) is 2.28. The van der Waals surface area contributed by atoms with Crippen molar-refractivity contribution in [1.82, 2.24) is 9.97 Å². The van der Waals surface area contributed by atoms with E-state index in [0.717, 1.165) is 5.69 Å². The van der Waals surface area contributed by atoms with E-state index in [1.54, 1.807) is 18.3 Å². The first-order valence-corrected chi connectivity index (χ1v) is 9.99. The molecule has 0 saturated carbocycles. The summed E-state index contributed by atoms with van der Waals surface area (Å²) in [6.45, 7) is 2.63. The average Bonchev–Trinajstić information content (AvgIpc) is 2.88. The molecule has 1 aliphatic rings. The van der Waals surface area contributed by atoms with Crippen molar-refractivity contribution in [2.24, 2.45) is 0 Å². The Morgan fingerprint density at radius 3 is 2.88 bits per heavy atom.